The molecular formula is C10H13LiN2O2. The number of urea groups is 1. The number of carbonyl (C=O) groups excluding carboxylic acids is 1. The molecule has 0 atom stereocenters. The van der Waals surface area contributed by atoms with Gasteiger partial charge in [0.2, 0.25) is 0 Å². The van der Waals surface area contributed by atoms with Crippen LogP contribution in [0.25, 0.3) is 0 Å². The average Bonchev–Trinajstić information content (AvgIpc) is 2.19. The molecule has 0 saturated carbocycles. The van der Waals surface area contributed by atoms with Crippen LogP contribution in [0, 0.1) is 0 Å². The summed E-state index contributed by atoms with van der Waals surface area (Å²) in [6, 6.07) is 6.74. The Kier molecular flexibility index (Phi) is 5.91. The summed E-state index contributed by atoms with van der Waals surface area (Å²) in [5, 5.41) is 0.629. The molecule has 4 nitrogen and oxygen atoms in total. The van der Waals surface area contributed by atoms with Crippen LogP contribution >= 0.6 is 0 Å². The first-order chi connectivity index (χ1) is 6.63. The van der Waals surface area contributed by atoms with Gasteiger partial charge in [-0.3, -0.25) is 0 Å². The zero-order valence-corrected chi connectivity index (χ0v) is 9.52. The Morgan fingerprint density at radius 2 is 2.13 bits per heavy atom. The molecule has 2 amide bonds. The van der Waals surface area contributed by atoms with Crippen molar-refractivity contribution in [2.75, 3.05) is 21.2 Å². The van der Waals surface area contributed by atoms with Gasteiger partial charge in [0.25, 0.3) is 0 Å². The number of rotatable bonds is 1. The molecule has 0 N–H and O–H groups in total. The molecule has 0 saturated heterocycles. The third-order valence-electron chi connectivity index (χ3n) is 1.68. The molecule has 1 aromatic carbocycles. The fourth-order valence-corrected chi connectivity index (χ4v) is 0.867. The van der Waals surface area contributed by atoms with Crippen LogP contribution < -0.4 is 29.0 Å². The summed E-state index contributed by atoms with van der Waals surface area (Å²) in [5.41, 5.74) is 0. The summed E-state index contributed by atoms with van der Waals surface area (Å²) in [6.07, 6.45) is 0. The zero-order chi connectivity index (χ0) is 10.6. The summed E-state index contributed by atoms with van der Waals surface area (Å²) in [7, 11) is 4.92. The average molecular weight is 200 g/mol. The molecule has 5 heteroatoms. The number of amides is 2. The van der Waals surface area contributed by atoms with Crippen molar-refractivity contribution in [1.29, 1.82) is 0 Å². The normalized spacial score (nSPS) is 8.73. The van der Waals surface area contributed by atoms with Crippen LogP contribution in [0.2, 0.25) is 0 Å². The van der Waals surface area contributed by atoms with Crippen molar-refractivity contribution < 1.29 is 28.4 Å². The molecule has 1 rings (SSSR count). The van der Waals surface area contributed by atoms with E-state index >= 15 is 0 Å². The van der Waals surface area contributed by atoms with Crippen molar-refractivity contribution in [3.8, 4) is 5.75 Å². The van der Waals surface area contributed by atoms with Crippen molar-refractivity contribution >= 4 is 6.03 Å². The number of nitrogens with zero attached hydrogens (tertiary/aromatic N) is 2. The SMILES string of the molecule is COc1ccc(=NC(=O)N(C)C)[cH-]c1.[Li+]. The van der Waals surface area contributed by atoms with E-state index in [1.165, 1.54) is 4.90 Å². The third-order valence-corrected chi connectivity index (χ3v) is 1.68. The maximum absolute atomic E-state index is 11.2. The molecule has 0 spiro atoms. The van der Waals surface area contributed by atoms with E-state index in [4.69, 9.17) is 4.74 Å². The van der Waals surface area contributed by atoms with Gasteiger partial charge in [-0.15, -0.1) is 24.3 Å². The Bertz CT molecular complexity index is 365. The Morgan fingerprint density at radius 1 is 1.47 bits per heavy atom. The first-order valence-corrected chi connectivity index (χ1v) is 4.20. The molecule has 0 bridgehead atoms. The van der Waals surface area contributed by atoms with Crippen LogP contribution in [0.15, 0.2) is 29.3 Å². The van der Waals surface area contributed by atoms with E-state index in [9.17, 15) is 4.79 Å². The van der Waals surface area contributed by atoms with E-state index < -0.39 is 0 Å². The van der Waals surface area contributed by atoms with Gasteiger partial charge in [0.15, 0.2) is 0 Å². The van der Waals surface area contributed by atoms with Gasteiger partial charge in [-0.25, -0.2) is 9.79 Å². The van der Waals surface area contributed by atoms with Gasteiger partial charge in [-0.05, 0) is 5.36 Å². The number of hydrogen-bond donors (Lipinski definition) is 0. The largest absolute Gasteiger partial charge is 1.00 e. The molecule has 0 aromatic heterocycles. The van der Waals surface area contributed by atoms with Crippen LogP contribution in [0.4, 0.5) is 4.79 Å². The Morgan fingerprint density at radius 3 is 2.53 bits per heavy atom. The van der Waals surface area contributed by atoms with Crippen LogP contribution in [-0.2, 0) is 0 Å². The summed E-state index contributed by atoms with van der Waals surface area (Å²) in [5.74, 6) is 0.751. The molecule has 15 heavy (non-hydrogen) atoms. The second-order valence-corrected chi connectivity index (χ2v) is 2.99. The maximum atomic E-state index is 11.2. The fraction of sp³-hybridized carbons (Fsp3) is 0.300. The molecule has 0 aliphatic carbocycles. The number of hydrogen-bond acceptors (Lipinski definition) is 2. The first-order valence-electron chi connectivity index (χ1n) is 4.20. The maximum Gasteiger partial charge on any atom is 1.00 e. The number of benzene rings is 1. The fourth-order valence-electron chi connectivity index (χ4n) is 0.867. The standard InChI is InChI=1S/C10H13N2O2.Li/c1-12(2)10(13)11-8-4-6-9(14-3)7-5-8;/h4-7H,1-3H3;/q-1;+1. The van der Waals surface area contributed by atoms with Crippen molar-refractivity contribution in [3.05, 3.63) is 29.6 Å². The summed E-state index contributed by atoms with van der Waals surface area (Å²) in [6.45, 7) is 0. The van der Waals surface area contributed by atoms with Crippen molar-refractivity contribution in [2.45, 2.75) is 0 Å². The predicted octanol–water partition coefficient (Wildman–Crippen LogP) is -2.00. The van der Waals surface area contributed by atoms with Crippen LogP contribution in [0.1, 0.15) is 0 Å². The van der Waals surface area contributed by atoms with Gasteiger partial charge in [0, 0.05) is 19.8 Å². The van der Waals surface area contributed by atoms with Crippen molar-refractivity contribution in [1.82, 2.24) is 4.90 Å². The van der Waals surface area contributed by atoms with Gasteiger partial charge in [-0.2, -0.15) is 0 Å². The summed E-state index contributed by atoms with van der Waals surface area (Å²) in [4.78, 5) is 16.5. The molecule has 0 heterocycles. The summed E-state index contributed by atoms with van der Waals surface area (Å²) >= 11 is 0. The second kappa shape index (κ2) is 6.39. The van der Waals surface area contributed by atoms with E-state index in [-0.39, 0.29) is 24.9 Å². The molecular weight excluding hydrogens is 187 g/mol. The molecule has 0 unspecified atom stereocenters. The van der Waals surface area contributed by atoms with Gasteiger partial charge in [0.05, 0.1) is 7.11 Å². The van der Waals surface area contributed by atoms with Crippen LogP contribution in [0.3, 0.4) is 0 Å². The second-order valence-electron chi connectivity index (χ2n) is 2.99. The Balaban J connectivity index is 0.00000196. The van der Waals surface area contributed by atoms with Gasteiger partial charge < -0.3 is 9.64 Å². The molecule has 76 valence electrons. The third kappa shape index (κ3) is 4.28. The van der Waals surface area contributed by atoms with Gasteiger partial charge >= 0.3 is 24.9 Å². The molecule has 0 fully saturated rings. The molecule has 0 radical (unpaired) electrons. The van der Waals surface area contributed by atoms with E-state index in [0.29, 0.717) is 5.36 Å². The smallest absolute Gasteiger partial charge is 0.554 e. The summed E-state index contributed by atoms with van der Waals surface area (Å²) < 4.78 is 4.98. The molecule has 1 aromatic rings. The first kappa shape index (κ1) is 13.9. The number of methoxy groups -OCH3 is 1. The zero-order valence-electron chi connectivity index (χ0n) is 9.52. The minimum absolute atomic E-state index is 0. The Labute approximate surface area is 101 Å². The van der Waals surface area contributed by atoms with Crippen LogP contribution in [0.5, 0.6) is 5.75 Å². The topological polar surface area (TPSA) is 41.9 Å². The van der Waals surface area contributed by atoms with Gasteiger partial charge in [-0.1, -0.05) is 0 Å². The van der Waals surface area contributed by atoms with Crippen molar-refractivity contribution in [2.24, 2.45) is 4.99 Å². The molecule has 0 aliphatic heterocycles. The Hall–Kier alpha value is -1.11. The van der Waals surface area contributed by atoms with Crippen molar-refractivity contribution in [3.63, 3.8) is 0 Å². The minimum atomic E-state index is -0.268. The quantitative estimate of drug-likeness (QED) is 0.388. The number of ether oxygens (including phenoxy) is 1. The number of carbonyl (C=O) groups is 1. The molecule has 0 aliphatic rings. The monoisotopic (exact) mass is 200 g/mol. The van der Waals surface area contributed by atoms with E-state index in [1.54, 1.807) is 45.5 Å². The predicted molar refractivity (Wildman–Crippen MR) is 53.2 cm³/mol. The van der Waals surface area contributed by atoms with Crippen LogP contribution in [-0.4, -0.2) is 32.1 Å². The minimum Gasteiger partial charge on any atom is -0.554 e. The van der Waals surface area contributed by atoms with E-state index in [2.05, 4.69) is 4.99 Å². The van der Waals surface area contributed by atoms with E-state index in [1.807, 2.05) is 0 Å². The van der Waals surface area contributed by atoms with E-state index in [0.717, 1.165) is 5.75 Å². The van der Waals surface area contributed by atoms with Gasteiger partial charge in [0.1, 0.15) is 0 Å².